The van der Waals surface area contributed by atoms with Gasteiger partial charge in [0.1, 0.15) is 11.5 Å². The Kier molecular flexibility index (Phi) is 7.39. The molecular weight excluding hydrogens is 681 g/mol. The molecule has 2 heterocycles. The van der Waals surface area contributed by atoms with Gasteiger partial charge in [0, 0.05) is 27.8 Å². The number of benzene rings is 8. The largest absolute Gasteiger partial charge is 0.457 e. The average Bonchev–Trinajstić information content (AvgIpc) is 3.57. The van der Waals surface area contributed by atoms with Crippen molar-refractivity contribution in [1.82, 2.24) is 9.97 Å². The van der Waals surface area contributed by atoms with E-state index in [1.54, 1.807) is 0 Å². The molecule has 0 N–H and O–H groups in total. The molecule has 2 aliphatic rings. The molecule has 3 nitrogen and oxygen atoms in total. The number of para-hydroxylation sites is 2. The van der Waals surface area contributed by atoms with Crippen molar-refractivity contribution < 1.29 is 4.74 Å². The van der Waals surface area contributed by atoms with E-state index in [1.165, 1.54) is 44.5 Å². The number of aromatic nitrogens is 2. The molecule has 1 aromatic heterocycles. The molecule has 0 fully saturated rings. The van der Waals surface area contributed by atoms with E-state index >= 15 is 0 Å². The Hall–Kier alpha value is -7.36. The van der Waals surface area contributed by atoms with Crippen molar-refractivity contribution in [2.45, 2.75) is 5.41 Å². The Balaban J connectivity index is 0.992. The number of fused-ring (bicyclic) bond motifs is 9. The minimum Gasteiger partial charge on any atom is -0.457 e. The van der Waals surface area contributed by atoms with Crippen LogP contribution in [-0.2, 0) is 5.41 Å². The van der Waals surface area contributed by atoms with Crippen LogP contribution < -0.4 is 4.74 Å². The Morgan fingerprint density at radius 3 is 1.45 bits per heavy atom. The molecule has 0 amide bonds. The summed E-state index contributed by atoms with van der Waals surface area (Å²) in [5, 5.41) is 0. The number of rotatable bonds is 5. The van der Waals surface area contributed by atoms with Crippen molar-refractivity contribution >= 4 is 0 Å². The van der Waals surface area contributed by atoms with Crippen LogP contribution in [0.4, 0.5) is 0 Å². The van der Waals surface area contributed by atoms with Crippen LogP contribution in [0.5, 0.6) is 11.5 Å². The molecule has 11 rings (SSSR count). The van der Waals surface area contributed by atoms with Crippen LogP contribution in [0.1, 0.15) is 22.3 Å². The quantitative estimate of drug-likeness (QED) is 0.178. The zero-order valence-electron chi connectivity index (χ0n) is 30.4. The van der Waals surface area contributed by atoms with E-state index < -0.39 is 5.41 Å². The zero-order valence-corrected chi connectivity index (χ0v) is 30.4. The minimum absolute atomic E-state index is 0.497. The van der Waals surface area contributed by atoms with Crippen LogP contribution in [0, 0.1) is 0 Å². The maximum absolute atomic E-state index is 6.56. The lowest BCUT2D eigenvalue weighted by atomic mass is 9.66. The summed E-state index contributed by atoms with van der Waals surface area (Å²) in [5.74, 6) is 2.52. The van der Waals surface area contributed by atoms with Crippen molar-refractivity contribution in [3.05, 3.63) is 229 Å². The van der Waals surface area contributed by atoms with Gasteiger partial charge < -0.3 is 4.74 Å². The van der Waals surface area contributed by atoms with E-state index in [9.17, 15) is 0 Å². The fourth-order valence-electron chi connectivity index (χ4n) is 8.81. The lowest BCUT2D eigenvalue weighted by Gasteiger charge is -2.39. The van der Waals surface area contributed by atoms with Crippen LogP contribution in [0.15, 0.2) is 206 Å². The van der Waals surface area contributed by atoms with Gasteiger partial charge in [-0.15, -0.1) is 0 Å². The van der Waals surface area contributed by atoms with Gasteiger partial charge in [-0.3, -0.25) is 0 Å². The smallest absolute Gasteiger partial charge is 0.160 e. The van der Waals surface area contributed by atoms with Gasteiger partial charge in [0.05, 0.1) is 16.8 Å². The molecule has 3 heteroatoms. The molecule has 0 radical (unpaired) electrons. The van der Waals surface area contributed by atoms with Crippen LogP contribution in [0.2, 0.25) is 0 Å². The summed E-state index contributed by atoms with van der Waals surface area (Å²) in [5.41, 5.74) is 16.5. The summed E-state index contributed by atoms with van der Waals surface area (Å²) < 4.78 is 6.56. The summed E-state index contributed by atoms with van der Waals surface area (Å²) in [6.45, 7) is 0. The van der Waals surface area contributed by atoms with Gasteiger partial charge >= 0.3 is 0 Å². The Bertz CT molecular complexity index is 2830. The summed E-state index contributed by atoms with van der Waals surface area (Å²) in [6, 6.07) is 73.2. The zero-order chi connectivity index (χ0) is 37.1. The normalized spacial score (nSPS) is 12.9. The monoisotopic (exact) mass is 714 g/mol. The van der Waals surface area contributed by atoms with Crippen molar-refractivity contribution in [3.8, 4) is 78.8 Å². The van der Waals surface area contributed by atoms with E-state index in [0.717, 1.165) is 50.7 Å². The van der Waals surface area contributed by atoms with Crippen molar-refractivity contribution in [2.24, 2.45) is 0 Å². The lowest BCUT2D eigenvalue weighted by molar-refractivity contribution is 0.436. The third-order valence-corrected chi connectivity index (χ3v) is 11.4. The number of ether oxygens (including phenoxy) is 1. The summed E-state index contributed by atoms with van der Waals surface area (Å²) in [6.07, 6.45) is 0. The van der Waals surface area contributed by atoms with E-state index in [4.69, 9.17) is 14.7 Å². The third kappa shape index (κ3) is 5.05. The highest BCUT2D eigenvalue weighted by Gasteiger charge is 2.51. The van der Waals surface area contributed by atoms with Gasteiger partial charge in [-0.1, -0.05) is 176 Å². The minimum atomic E-state index is -0.497. The number of nitrogens with zero attached hydrogens (tertiary/aromatic N) is 2. The van der Waals surface area contributed by atoms with E-state index in [0.29, 0.717) is 5.82 Å². The van der Waals surface area contributed by atoms with Crippen LogP contribution in [0.25, 0.3) is 67.3 Å². The highest BCUT2D eigenvalue weighted by Crippen LogP contribution is 2.62. The second-order valence-electron chi connectivity index (χ2n) is 14.5. The molecule has 1 aliphatic heterocycles. The number of hydrogen-bond acceptors (Lipinski definition) is 3. The first kappa shape index (κ1) is 32.1. The first-order chi connectivity index (χ1) is 27.7. The molecule has 9 aromatic rings. The van der Waals surface area contributed by atoms with E-state index in [1.807, 2.05) is 36.4 Å². The second kappa shape index (κ2) is 12.9. The van der Waals surface area contributed by atoms with Crippen LogP contribution in [0.3, 0.4) is 0 Å². The van der Waals surface area contributed by atoms with E-state index in [2.05, 4.69) is 170 Å². The fraction of sp³-hybridized carbons (Fsp3) is 0.0189. The van der Waals surface area contributed by atoms with Crippen molar-refractivity contribution in [1.29, 1.82) is 0 Å². The Morgan fingerprint density at radius 2 is 0.768 bits per heavy atom. The first-order valence-corrected chi connectivity index (χ1v) is 19.1. The molecule has 0 bridgehead atoms. The molecule has 0 unspecified atom stereocenters. The molecule has 8 aromatic carbocycles. The molecule has 262 valence electrons. The van der Waals surface area contributed by atoms with Crippen LogP contribution in [-0.4, -0.2) is 9.97 Å². The van der Waals surface area contributed by atoms with Gasteiger partial charge in [0.2, 0.25) is 0 Å². The van der Waals surface area contributed by atoms with Crippen molar-refractivity contribution in [3.63, 3.8) is 0 Å². The van der Waals surface area contributed by atoms with Gasteiger partial charge in [0.15, 0.2) is 5.82 Å². The summed E-state index contributed by atoms with van der Waals surface area (Å²) >= 11 is 0. The summed E-state index contributed by atoms with van der Waals surface area (Å²) in [7, 11) is 0. The fourth-order valence-corrected chi connectivity index (χ4v) is 8.81. The standard InChI is InChI=1S/C53H34N2O/c1-3-14-36(15-4-1)48-34-49(55-52(54-48)38-16-5-2-6-17-38)37-28-26-35(27-29-37)39-18-13-19-40(32-39)41-30-31-43-42-20-7-8-21-44(42)53(47(43)33-41)45-22-9-11-24-50(45)56-51-25-12-10-23-46(51)53/h1-34H. The lowest BCUT2D eigenvalue weighted by Crippen LogP contribution is -2.32. The highest BCUT2D eigenvalue weighted by atomic mass is 16.5. The molecule has 1 aliphatic carbocycles. The second-order valence-corrected chi connectivity index (χ2v) is 14.5. The number of hydrogen-bond donors (Lipinski definition) is 0. The van der Waals surface area contributed by atoms with Gasteiger partial charge in [0.25, 0.3) is 0 Å². The Morgan fingerprint density at radius 1 is 0.304 bits per heavy atom. The molecule has 56 heavy (non-hydrogen) atoms. The maximum Gasteiger partial charge on any atom is 0.160 e. The predicted molar refractivity (Wildman–Crippen MR) is 227 cm³/mol. The van der Waals surface area contributed by atoms with Gasteiger partial charge in [-0.25, -0.2) is 9.97 Å². The topological polar surface area (TPSA) is 35.0 Å². The third-order valence-electron chi connectivity index (χ3n) is 11.4. The SMILES string of the molecule is c1ccc(-c2cc(-c3ccc(-c4cccc(-c5ccc6c(c5)C5(c7ccccc7Oc7ccccc75)c5ccccc5-6)c4)cc3)nc(-c3ccccc3)n2)cc1. The first-order valence-electron chi connectivity index (χ1n) is 19.1. The molecule has 0 saturated heterocycles. The highest BCUT2D eigenvalue weighted by molar-refractivity contribution is 5.90. The van der Waals surface area contributed by atoms with Crippen molar-refractivity contribution in [2.75, 3.05) is 0 Å². The molecule has 1 spiro atoms. The predicted octanol–water partition coefficient (Wildman–Crippen LogP) is 13.3. The van der Waals surface area contributed by atoms with E-state index in [-0.39, 0.29) is 0 Å². The molecule has 0 atom stereocenters. The van der Waals surface area contributed by atoms with Gasteiger partial charge in [-0.2, -0.15) is 0 Å². The average molecular weight is 715 g/mol. The molecule has 0 saturated carbocycles. The molecular formula is C53H34N2O. The van der Waals surface area contributed by atoms with Crippen LogP contribution >= 0.6 is 0 Å². The maximum atomic E-state index is 6.56. The van der Waals surface area contributed by atoms with Gasteiger partial charge in [-0.05, 0) is 74.8 Å². The summed E-state index contributed by atoms with van der Waals surface area (Å²) in [4.78, 5) is 10.0. The Labute approximate surface area is 326 Å².